The van der Waals surface area contributed by atoms with Gasteiger partial charge < -0.3 is 14.8 Å². The van der Waals surface area contributed by atoms with Gasteiger partial charge in [0.05, 0.1) is 6.04 Å². The van der Waals surface area contributed by atoms with Crippen molar-refractivity contribution in [1.82, 2.24) is 5.32 Å². The van der Waals surface area contributed by atoms with Crippen molar-refractivity contribution >= 4 is 12.1 Å². The summed E-state index contributed by atoms with van der Waals surface area (Å²) in [6.45, 7) is 7.17. The number of rotatable bonds is 1. The third-order valence-corrected chi connectivity index (χ3v) is 2.25. The van der Waals surface area contributed by atoms with Gasteiger partial charge in [0.2, 0.25) is 0 Å². The quantitative estimate of drug-likeness (QED) is 0.694. The predicted octanol–water partition coefficient (Wildman–Crippen LogP) is 1.61. The molecule has 0 aromatic carbocycles. The highest BCUT2D eigenvalue weighted by Crippen LogP contribution is 2.15. The molecule has 0 radical (unpaired) electrons. The van der Waals surface area contributed by atoms with E-state index in [1.807, 2.05) is 0 Å². The van der Waals surface area contributed by atoms with Gasteiger partial charge in [0, 0.05) is 6.42 Å². The SMILES string of the molecule is C[C@H]1OC(=O)CCC1NC(=O)OC(C)(C)C. The van der Waals surface area contributed by atoms with Crippen molar-refractivity contribution in [2.24, 2.45) is 0 Å². The molecule has 1 saturated heterocycles. The zero-order chi connectivity index (χ0) is 12.3. The minimum atomic E-state index is -0.515. The lowest BCUT2D eigenvalue weighted by Gasteiger charge is -2.30. The molecule has 0 aliphatic carbocycles. The third kappa shape index (κ3) is 4.08. The average molecular weight is 229 g/mol. The molecule has 1 aliphatic heterocycles. The van der Waals surface area contributed by atoms with E-state index in [4.69, 9.17) is 9.47 Å². The number of alkyl carbamates (subject to hydrolysis) is 1. The fraction of sp³-hybridized carbons (Fsp3) is 0.818. The van der Waals surface area contributed by atoms with E-state index in [9.17, 15) is 9.59 Å². The first-order valence-corrected chi connectivity index (χ1v) is 5.47. The standard InChI is InChI=1S/C11H19NO4/c1-7-8(5-6-9(13)15-7)12-10(14)16-11(2,3)4/h7-8H,5-6H2,1-4H3,(H,12,14)/t7-,8?/m1/s1. The highest BCUT2D eigenvalue weighted by atomic mass is 16.6. The number of nitrogens with one attached hydrogen (secondary N) is 1. The molecule has 16 heavy (non-hydrogen) atoms. The third-order valence-electron chi connectivity index (χ3n) is 2.25. The monoisotopic (exact) mass is 229 g/mol. The fourth-order valence-electron chi connectivity index (χ4n) is 1.50. The van der Waals surface area contributed by atoms with Crippen molar-refractivity contribution in [3.63, 3.8) is 0 Å². The zero-order valence-electron chi connectivity index (χ0n) is 10.2. The number of hydrogen-bond donors (Lipinski definition) is 1. The summed E-state index contributed by atoms with van der Waals surface area (Å²) in [5, 5.41) is 2.71. The molecular formula is C11H19NO4. The first kappa shape index (κ1) is 12.8. The van der Waals surface area contributed by atoms with Crippen LogP contribution in [0.1, 0.15) is 40.5 Å². The van der Waals surface area contributed by atoms with Crippen LogP contribution in [0.15, 0.2) is 0 Å². The van der Waals surface area contributed by atoms with Crippen molar-refractivity contribution < 1.29 is 19.1 Å². The number of hydrogen-bond acceptors (Lipinski definition) is 4. The second kappa shape index (κ2) is 4.72. The molecule has 0 bridgehead atoms. The summed E-state index contributed by atoms with van der Waals surface area (Å²) >= 11 is 0. The Kier molecular flexibility index (Phi) is 3.78. The van der Waals surface area contributed by atoms with Crippen LogP contribution in [-0.4, -0.2) is 29.8 Å². The van der Waals surface area contributed by atoms with Gasteiger partial charge in [-0.2, -0.15) is 0 Å². The summed E-state index contributed by atoms with van der Waals surface area (Å²) < 4.78 is 10.1. The summed E-state index contributed by atoms with van der Waals surface area (Å²) in [4.78, 5) is 22.4. The molecule has 1 unspecified atom stereocenters. The normalized spacial score (nSPS) is 25.9. The summed E-state index contributed by atoms with van der Waals surface area (Å²) in [6, 6.07) is -0.160. The maximum atomic E-state index is 11.5. The molecule has 92 valence electrons. The van der Waals surface area contributed by atoms with Gasteiger partial charge in [-0.1, -0.05) is 0 Å². The molecule has 1 aliphatic rings. The van der Waals surface area contributed by atoms with Gasteiger partial charge in [0.25, 0.3) is 0 Å². The first-order chi connectivity index (χ1) is 7.28. The molecule has 1 heterocycles. The first-order valence-electron chi connectivity index (χ1n) is 5.47. The smallest absolute Gasteiger partial charge is 0.408 e. The van der Waals surface area contributed by atoms with Crippen LogP contribution in [0.2, 0.25) is 0 Å². The van der Waals surface area contributed by atoms with Crippen molar-refractivity contribution in [1.29, 1.82) is 0 Å². The summed E-state index contributed by atoms with van der Waals surface area (Å²) in [7, 11) is 0. The number of carbonyl (C=O) groups excluding carboxylic acids is 2. The Balaban J connectivity index is 2.42. The van der Waals surface area contributed by atoms with Gasteiger partial charge in [-0.3, -0.25) is 4.79 Å². The molecule has 0 aromatic heterocycles. The Labute approximate surface area is 95.5 Å². The minimum absolute atomic E-state index is 0.160. The molecule has 5 heteroatoms. The van der Waals surface area contributed by atoms with E-state index in [2.05, 4.69) is 5.32 Å². The van der Waals surface area contributed by atoms with Gasteiger partial charge in [0.15, 0.2) is 0 Å². The van der Waals surface area contributed by atoms with Crippen molar-refractivity contribution in [2.75, 3.05) is 0 Å². The van der Waals surface area contributed by atoms with E-state index < -0.39 is 11.7 Å². The summed E-state index contributed by atoms with van der Waals surface area (Å²) in [5.41, 5.74) is -0.515. The van der Waals surface area contributed by atoms with Crippen LogP contribution in [0.4, 0.5) is 4.79 Å². The number of cyclic esters (lactones) is 1. The number of amides is 1. The number of esters is 1. The van der Waals surface area contributed by atoms with Crippen molar-refractivity contribution in [2.45, 2.75) is 58.3 Å². The van der Waals surface area contributed by atoms with E-state index in [0.717, 1.165) is 0 Å². The van der Waals surface area contributed by atoms with E-state index >= 15 is 0 Å². The molecule has 5 nitrogen and oxygen atoms in total. The average Bonchev–Trinajstić information content (AvgIpc) is 2.06. The van der Waals surface area contributed by atoms with Gasteiger partial charge in [0.1, 0.15) is 11.7 Å². The molecule has 1 amide bonds. The van der Waals surface area contributed by atoms with Crippen molar-refractivity contribution in [3.05, 3.63) is 0 Å². The highest BCUT2D eigenvalue weighted by molar-refractivity contribution is 5.72. The van der Waals surface area contributed by atoms with Crippen LogP contribution in [0.25, 0.3) is 0 Å². The summed E-state index contributed by atoms with van der Waals surface area (Å²) in [5.74, 6) is -0.213. The molecule has 1 rings (SSSR count). The zero-order valence-corrected chi connectivity index (χ0v) is 10.2. The Morgan fingerprint density at radius 2 is 2.12 bits per heavy atom. The minimum Gasteiger partial charge on any atom is -0.460 e. The van der Waals surface area contributed by atoms with Gasteiger partial charge in [-0.05, 0) is 34.1 Å². The molecule has 0 aromatic rings. The second-order valence-electron chi connectivity index (χ2n) is 4.99. The Morgan fingerprint density at radius 1 is 1.50 bits per heavy atom. The second-order valence-corrected chi connectivity index (χ2v) is 4.99. The van der Waals surface area contributed by atoms with Crippen LogP contribution in [-0.2, 0) is 14.3 Å². The fourth-order valence-corrected chi connectivity index (χ4v) is 1.50. The molecule has 1 N–H and O–H groups in total. The predicted molar refractivity (Wildman–Crippen MR) is 57.9 cm³/mol. The van der Waals surface area contributed by atoms with Crippen LogP contribution < -0.4 is 5.32 Å². The molecule has 0 saturated carbocycles. The van der Waals surface area contributed by atoms with E-state index in [1.54, 1.807) is 27.7 Å². The van der Waals surface area contributed by atoms with Gasteiger partial charge in [-0.15, -0.1) is 0 Å². The largest absolute Gasteiger partial charge is 0.460 e. The lowest BCUT2D eigenvalue weighted by molar-refractivity contribution is -0.154. The van der Waals surface area contributed by atoms with E-state index in [0.29, 0.717) is 12.8 Å². The van der Waals surface area contributed by atoms with Crippen LogP contribution in [0.3, 0.4) is 0 Å². The maximum absolute atomic E-state index is 11.5. The van der Waals surface area contributed by atoms with E-state index in [1.165, 1.54) is 0 Å². The van der Waals surface area contributed by atoms with Crippen LogP contribution in [0, 0.1) is 0 Å². The van der Waals surface area contributed by atoms with Crippen LogP contribution >= 0.6 is 0 Å². The number of carbonyl (C=O) groups is 2. The molecular weight excluding hydrogens is 210 g/mol. The molecule has 1 fully saturated rings. The highest BCUT2D eigenvalue weighted by Gasteiger charge is 2.29. The Morgan fingerprint density at radius 3 is 2.62 bits per heavy atom. The number of ether oxygens (including phenoxy) is 2. The Bertz CT molecular complexity index is 282. The molecule has 0 spiro atoms. The lowest BCUT2D eigenvalue weighted by Crippen LogP contribution is -2.48. The van der Waals surface area contributed by atoms with E-state index in [-0.39, 0.29) is 18.1 Å². The van der Waals surface area contributed by atoms with Crippen LogP contribution in [0.5, 0.6) is 0 Å². The van der Waals surface area contributed by atoms with Gasteiger partial charge in [-0.25, -0.2) is 4.79 Å². The lowest BCUT2D eigenvalue weighted by atomic mass is 10.0. The molecule has 2 atom stereocenters. The summed E-state index contributed by atoms with van der Waals surface area (Å²) in [6.07, 6.45) is 0.167. The van der Waals surface area contributed by atoms with Gasteiger partial charge >= 0.3 is 12.1 Å². The topological polar surface area (TPSA) is 64.6 Å². The van der Waals surface area contributed by atoms with Crippen molar-refractivity contribution in [3.8, 4) is 0 Å². The Hall–Kier alpha value is -1.26. The maximum Gasteiger partial charge on any atom is 0.408 e.